The van der Waals surface area contributed by atoms with Crippen LogP contribution in [0, 0.1) is 0 Å². The van der Waals surface area contributed by atoms with Crippen molar-refractivity contribution in [2.45, 2.75) is 25.3 Å². The number of ether oxygens (including phenoxy) is 1. The molecule has 0 aliphatic carbocycles. The van der Waals surface area contributed by atoms with Crippen LogP contribution < -0.4 is 10.1 Å². The van der Waals surface area contributed by atoms with Gasteiger partial charge in [-0.3, -0.25) is 9.59 Å². The fourth-order valence-corrected chi connectivity index (χ4v) is 3.79. The fraction of sp³-hybridized carbons (Fsp3) is 0.304. The summed E-state index contributed by atoms with van der Waals surface area (Å²) >= 11 is 0. The van der Waals surface area contributed by atoms with Gasteiger partial charge in [0.15, 0.2) is 0 Å². The maximum atomic E-state index is 12.8. The van der Waals surface area contributed by atoms with Gasteiger partial charge in [-0.2, -0.15) is 0 Å². The third-order valence-corrected chi connectivity index (χ3v) is 5.43. The number of aromatic nitrogens is 1. The third-order valence-electron chi connectivity index (χ3n) is 5.43. The predicted molar refractivity (Wildman–Crippen MR) is 112 cm³/mol. The minimum atomic E-state index is 0.00978. The van der Waals surface area contributed by atoms with E-state index >= 15 is 0 Å². The van der Waals surface area contributed by atoms with Gasteiger partial charge < -0.3 is 19.9 Å². The van der Waals surface area contributed by atoms with E-state index < -0.39 is 0 Å². The number of nitrogens with zero attached hydrogens (tertiary/aromatic N) is 1. The zero-order chi connectivity index (χ0) is 20.2. The van der Waals surface area contributed by atoms with Crippen LogP contribution in [-0.4, -0.2) is 47.9 Å². The Kier molecular flexibility index (Phi) is 5.51. The van der Waals surface area contributed by atoms with Crippen LogP contribution in [0.5, 0.6) is 5.75 Å². The molecule has 1 aliphatic heterocycles. The Morgan fingerprint density at radius 1 is 1.10 bits per heavy atom. The molecule has 1 aromatic heterocycles. The lowest BCUT2D eigenvalue weighted by molar-refractivity contribution is -0.121. The van der Waals surface area contributed by atoms with Gasteiger partial charge >= 0.3 is 0 Å². The van der Waals surface area contributed by atoms with Crippen molar-refractivity contribution >= 4 is 22.7 Å². The number of carbonyl (C=O) groups excluding carboxylic acids is 2. The maximum absolute atomic E-state index is 12.8. The number of hydrogen-bond donors (Lipinski definition) is 2. The van der Waals surface area contributed by atoms with Crippen LogP contribution in [0.25, 0.3) is 10.9 Å². The SMILES string of the molecule is COc1ccc(CC(=O)NC2CCN(C(=O)c3cc4ccccc4[nH]3)CC2)cc1. The molecule has 0 saturated carbocycles. The molecule has 3 aromatic rings. The van der Waals surface area contributed by atoms with Crippen molar-refractivity contribution in [3.05, 3.63) is 65.9 Å². The number of H-pyrrole nitrogens is 1. The van der Waals surface area contributed by atoms with Crippen LogP contribution in [0.3, 0.4) is 0 Å². The van der Waals surface area contributed by atoms with Gasteiger partial charge in [0.1, 0.15) is 11.4 Å². The first kappa shape index (κ1) is 19.1. The normalized spacial score (nSPS) is 14.7. The summed E-state index contributed by atoms with van der Waals surface area (Å²) in [6.07, 6.45) is 1.87. The molecule has 150 valence electrons. The van der Waals surface area contributed by atoms with E-state index in [1.807, 2.05) is 59.5 Å². The molecule has 6 heteroatoms. The summed E-state index contributed by atoms with van der Waals surface area (Å²) in [6, 6.07) is 17.4. The average Bonchev–Trinajstić information content (AvgIpc) is 3.18. The standard InChI is InChI=1S/C23H25N3O3/c1-29-19-8-6-16(7-9-19)14-22(27)24-18-10-12-26(13-11-18)23(28)21-15-17-4-2-3-5-20(17)25-21/h2-9,15,18,25H,10-14H2,1H3,(H,24,27). The summed E-state index contributed by atoms with van der Waals surface area (Å²) < 4.78 is 5.14. The van der Waals surface area contributed by atoms with E-state index in [9.17, 15) is 9.59 Å². The largest absolute Gasteiger partial charge is 0.497 e. The first-order valence-electron chi connectivity index (χ1n) is 9.92. The van der Waals surface area contributed by atoms with Crippen molar-refractivity contribution in [2.24, 2.45) is 0 Å². The second-order valence-electron chi connectivity index (χ2n) is 7.43. The van der Waals surface area contributed by atoms with E-state index in [0.29, 0.717) is 25.2 Å². The summed E-state index contributed by atoms with van der Waals surface area (Å²) in [5.74, 6) is 0.806. The maximum Gasteiger partial charge on any atom is 0.270 e. The van der Waals surface area contributed by atoms with Gasteiger partial charge in [-0.15, -0.1) is 0 Å². The smallest absolute Gasteiger partial charge is 0.270 e. The Hall–Kier alpha value is -3.28. The summed E-state index contributed by atoms with van der Waals surface area (Å²) in [5, 5.41) is 4.14. The van der Waals surface area contributed by atoms with Crippen molar-refractivity contribution in [3.63, 3.8) is 0 Å². The van der Waals surface area contributed by atoms with E-state index in [0.717, 1.165) is 35.1 Å². The van der Waals surface area contributed by atoms with Gasteiger partial charge in [0, 0.05) is 30.0 Å². The second-order valence-corrected chi connectivity index (χ2v) is 7.43. The second kappa shape index (κ2) is 8.39. The molecule has 0 unspecified atom stereocenters. The highest BCUT2D eigenvalue weighted by Crippen LogP contribution is 2.19. The lowest BCUT2D eigenvalue weighted by Crippen LogP contribution is -2.47. The van der Waals surface area contributed by atoms with Crippen LogP contribution >= 0.6 is 0 Å². The highest BCUT2D eigenvalue weighted by Gasteiger charge is 2.25. The predicted octanol–water partition coefficient (Wildman–Crippen LogP) is 3.14. The number of fused-ring (bicyclic) bond motifs is 1. The van der Waals surface area contributed by atoms with E-state index in [2.05, 4.69) is 10.3 Å². The quantitative estimate of drug-likeness (QED) is 0.702. The van der Waals surface area contributed by atoms with Crippen molar-refractivity contribution in [1.29, 1.82) is 0 Å². The Labute approximate surface area is 169 Å². The van der Waals surface area contributed by atoms with E-state index in [1.54, 1.807) is 7.11 Å². The molecule has 2 aromatic carbocycles. The number of likely N-dealkylation sites (tertiary alicyclic amines) is 1. The van der Waals surface area contributed by atoms with E-state index in [-0.39, 0.29) is 17.9 Å². The highest BCUT2D eigenvalue weighted by molar-refractivity contribution is 5.98. The lowest BCUT2D eigenvalue weighted by Gasteiger charge is -2.32. The molecule has 1 saturated heterocycles. The van der Waals surface area contributed by atoms with Gasteiger partial charge in [0.25, 0.3) is 5.91 Å². The number of hydrogen-bond acceptors (Lipinski definition) is 3. The van der Waals surface area contributed by atoms with Crippen LogP contribution in [0.2, 0.25) is 0 Å². The summed E-state index contributed by atoms with van der Waals surface area (Å²) in [4.78, 5) is 30.2. The minimum Gasteiger partial charge on any atom is -0.497 e. The van der Waals surface area contributed by atoms with Crippen molar-refractivity contribution in [1.82, 2.24) is 15.2 Å². The van der Waals surface area contributed by atoms with Gasteiger partial charge in [-0.1, -0.05) is 30.3 Å². The number of methoxy groups -OCH3 is 1. The number of amides is 2. The van der Waals surface area contributed by atoms with E-state index in [1.165, 1.54) is 0 Å². The molecule has 0 bridgehead atoms. The highest BCUT2D eigenvalue weighted by atomic mass is 16.5. The zero-order valence-electron chi connectivity index (χ0n) is 16.5. The molecule has 1 fully saturated rings. The van der Waals surface area contributed by atoms with E-state index in [4.69, 9.17) is 4.74 Å². The molecule has 2 amide bonds. The molecule has 4 rings (SSSR count). The molecule has 29 heavy (non-hydrogen) atoms. The van der Waals surface area contributed by atoms with Crippen molar-refractivity contribution in [2.75, 3.05) is 20.2 Å². The van der Waals surface area contributed by atoms with Crippen LogP contribution in [0.15, 0.2) is 54.6 Å². The molecular weight excluding hydrogens is 366 g/mol. The van der Waals surface area contributed by atoms with Gasteiger partial charge in [-0.25, -0.2) is 0 Å². The topological polar surface area (TPSA) is 74.4 Å². The van der Waals surface area contributed by atoms with Crippen molar-refractivity contribution in [3.8, 4) is 5.75 Å². The fourth-order valence-electron chi connectivity index (χ4n) is 3.79. The Bertz CT molecular complexity index is 969. The molecule has 1 aliphatic rings. The van der Waals surface area contributed by atoms with Crippen LogP contribution in [0.4, 0.5) is 0 Å². The molecule has 0 spiro atoms. The molecule has 2 N–H and O–H groups in total. The number of piperidine rings is 1. The molecule has 0 radical (unpaired) electrons. The molecule has 0 atom stereocenters. The van der Waals surface area contributed by atoms with Gasteiger partial charge in [0.2, 0.25) is 5.91 Å². The number of para-hydroxylation sites is 1. The van der Waals surface area contributed by atoms with Crippen LogP contribution in [0.1, 0.15) is 28.9 Å². The third kappa shape index (κ3) is 4.42. The monoisotopic (exact) mass is 391 g/mol. The summed E-state index contributed by atoms with van der Waals surface area (Å²) in [5.41, 5.74) is 2.54. The first-order valence-corrected chi connectivity index (χ1v) is 9.92. The number of nitrogens with one attached hydrogen (secondary N) is 2. The van der Waals surface area contributed by atoms with Gasteiger partial charge in [0.05, 0.1) is 13.5 Å². The molecule has 6 nitrogen and oxygen atoms in total. The lowest BCUT2D eigenvalue weighted by atomic mass is 10.0. The number of rotatable bonds is 5. The molecule has 2 heterocycles. The van der Waals surface area contributed by atoms with Crippen LogP contribution in [-0.2, 0) is 11.2 Å². The van der Waals surface area contributed by atoms with Crippen molar-refractivity contribution < 1.29 is 14.3 Å². The summed E-state index contributed by atoms with van der Waals surface area (Å²) in [7, 11) is 1.62. The minimum absolute atomic E-state index is 0.00978. The Balaban J connectivity index is 1.28. The number of carbonyl (C=O) groups is 2. The molecular formula is C23H25N3O3. The average molecular weight is 391 g/mol. The van der Waals surface area contributed by atoms with Gasteiger partial charge in [-0.05, 0) is 42.7 Å². The Morgan fingerprint density at radius 2 is 1.83 bits per heavy atom. The number of aromatic amines is 1. The summed E-state index contributed by atoms with van der Waals surface area (Å²) in [6.45, 7) is 1.28. The first-order chi connectivity index (χ1) is 14.1. The number of benzene rings is 2. The Morgan fingerprint density at radius 3 is 2.52 bits per heavy atom. The zero-order valence-corrected chi connectivity index (χ0v) is 16.5.